The molecule has 3 rings (SSSR count). The summed E-state index contributed by atoms with van der Waals surface area (Å²) >= 11 is 0. The normalized spacial score (nSPS) is 11.0. The number of hydrogen-bond donors (Lipinski definition) is 2. The van der Waals surface area contributed by atoms with Crippen molar-refractivity contribution in [3.05, 3.63) is 83.7 Å². The minimum Gasteiger partial charge on any atom is -0.352 e. The number of nitrogens with one attached hydrogen (secondary N) is 2. The first-order valence-electron chi connectivity index (χ1n) is 8.99. The number of aromatic nitrogens is 2. The molecule has 0 atom stereocenters. The van der Waals surface area contributed by atoms with Crippen molar-refractivity contribution in [1.29, 1.82) is 0 Å². The van der Waals surface area contributed by atoms with E-state index in [9.17, 15) is 4.39 Å². The molecule has 1 heterocycles. The van der Waals surface area contributed by atoms with Crippen molar-refractivity contribution in [2.75, 3.05) is 7.05 Å². The molecule has 0 saturated carbocycles. The van der Waals surface area contributed by atoms with Gasteiger partial charge in [-0.2, -0.15) is 0 Å². The molecule has 0 amide bonds. The molecule has 0 unspecified atom stereocenters. The van der Waals surface area contributed by atoms with Crippen LogP contribution in [0.2, 0.25) is 0 Å². The second-order valence-electron chi connectivity index (χ2n) is 6.16. The average molecular weight is 493 g/mol. The standard InChI is InChI=1S/C21H24FN5.HI/c1-3-17-6-4-5-7-18(17)14-26-21(23-2)25-13-16-8-9-20(19(22)12-16)27-11-10-24-15-27;/h4-12,15H,3,13-14H2,1-2H3,(H2,23,25,26);1H. The maximum Gasteiger partial charge on any atom is 0.191 e. The van der Waals surface area contributed by atoms with E-state index in [1.54, 1.807) is 36.4 Å². The number of aryl methyl sites for hydroxylation is 1. The predicted octanol–water partition coefficient (Wildman–Crippen LogP) is 4.06. The molecular weight excluding hydrogens is 468 g/mol. The molecule has 0 aliphatic carbocycles. The van der Waals surface area contributed by atoms with Gasteiger partial charge in [0.1, 0.15) is 5.82 Å². The Bertz CT molecular complexity index is 909. The van der Waals surface area contributed by atoms with Gasteiger partial charge in [0, 0.05) is 32.5 Å². The van der Waals surface area contributed by atoms with Gasteiger partial charge in [-0.05, 0) is 35.2 Å². The number of aliphatic imine (C=N–C) groups is 1. The molecule has 3 aromatic rings. The summed E-state index contributed by atoms with van der Waals surface area (Å²) < 4.78 is 16.0. The topological polar surface area (TPSA) is 54.2 Å². The summed E-state index contributed by atoms with van der Waals surface area (Å²) in [6.07, 6.45) is 5.92. The number of rotatable bonds is 6. The van der Waals surface area contributed by atoms with Gasteiger partial charge in [0.15, 0.2) is 5.96 Å². The van der Waals surface area contributed by atoms with Crippen LogP contribution in [0.25, 0.3) is 5.69 Å². The molecule has 0 aliphatic heterocycles. The van der Waals surface area contributed by atoms with Crippen LogP contribution < -0.4 is 10.6 Å². The lowest BCUT2D eigenvalue weighted by atomic mass is 10.1. The summed E-state index contributed by atoms with van der Waals surface area (Å²) in [4.78, 5) is 8.19. The molecule has 2 N–H and O–H groups in total. The summed E-state index contributed by atoms with van der Waals surface area (Å²) in [6, 6.07) is 13.5. The first-order chi connectivity index (χ1) is 13.2. The molecule has 148 valence electrons. The van der Waals surface area contributed by atoms with E-state index >= 15 is 0 Å². The van der Waals surface area contributed by atoms with E-state index in [-0.39, 0.29) is 29.8 Å². The Morgan fingerprint density at radius 3 is 2.50 bits per heavy atom. The first-order valence-corrected chi connectivity index (χ1v) is 8.99. The van der Waals surface area contributed by atoms with Gasteiger partial charge in [-0.25, -0.2) is 9.37 Å². The Labute approximate surface area is 182 Å². The van der Waals surface area contributed by atoms with E-state index in [2.05, 4.69) is 45.7 Å². The fraction of sp³-hybridized carbons (Fsp3) is 0.238. The van der Waals surface area contributed by atoms with Gasteiger partial charge in [0.05, 0.1) is 12.0 Å². The SMILES string of the molecule is CCc1ccccc1CNC(=NC)NCc1ccc(-n2ccnc2)c(F)c1.I. The van der Waals surface area contributed by atoms with Crippen LogP contribution in [-0.4, -0.2) is 22.6 Å². The Kier molecular flexibility index (Phi) is 8.43. The highest BCUT2D eigenvalue weighted by Gasteiger charge is 2.07. The molecule has 28 heavy (non-hydrogen) atoms. The Morgan fingerprint density at radius 2 is 1.86 bits per heavy atom. The molecule has 7 heteroatoms. The van der Waals surface area contributed by atoms with E-state index in [4.69, 9.17) is 0 Å². The third-order valence-corrected chi connectivity index (χ3v) is 4.42. The number of nitrogens with zero attached hydrogens (tertiary/aromatic N) is 3. The Balaban J connectivity index is 0.00000280. The molecule has 0 spiro atoms. The highest BCUT2D eigenvalue weighted by atomic mass is 127. The van der Waals surface area contributed by atoms with Crippen LogP contribution in [0, 0.1) is 5.82 Å². The van der Waals surface area contributed by atoms with Crippen LogP contribution in [-0.2, 0) is 19.5 Å². The monoisotopic (exact) mass is 493 g/mol. The quantitative estimate of drug-likeness (QED) is 0.310. The van der Waals surface area contributed by atoms with Crippen LogP contribution >= 0.6 is 24.0 Å². The molecule has 0 radical (unpaired) electrons. The summed E-state index contributed by atoms with van der Waals surface area (Å²) in [5.74, 6) is 0.395. The molecule has 0 aliphatic rings. The zero-order valence-electron chi connectivity index (χ0n) is 16.0. The minimum atomic E-state index is -0.285. The van der Waals surface area contributed by atoms with Gasteiger partial charge < -0.3 is 15.2 Å². The van der Waals surface area contributed by atoms with Crippen LogP contribution in [0.5, 0.6) is 0 Å². The van der Waals surface area contributed by atoms with E-state index < -0.39 is 0 Å². The molecule has 1 aromatic heterocycles. The Morgan fingerprint density at radius 1 is 1.11 bits per heavy atom. The number of imidazole rings is 1. The highest BCUT2D eigenvalue weighted by molar-refractivity contribution is 14.0. The maximum atomic E-state index is 14.4. The zero-order valence-corrected chi connectivity index (χ0v) is 18.4. The second kappa shape index (κ2) is 10.8. The molecule has 0 saturated heterocycles. The van der Waals surface area contributed by atoms with Gasteiger partial charge in [-0.1, -0.05) is 37.3 Å². The second-order valence-corrected chi connectivity index (χ2v) is 6.16. The van der Waals surface area contributed by atoms with Crippen LogP contribution in [0.4, 0.5) is 4.39 Å². The third kappa shape index (κ3) is 5.54. The van der Waals surface area contributed by atoms with Crippen molar-refractivity contribution in [2.24, 2.45) is 4.99 Å². The third-order valence-electron chi connectivity index (χ3n) is 4.42. The number of halogens is 2. The zero-order chi connectivity index (χ0) is 19.1. The number of guanidine groups is 1. The van der Waals surface area contributed by atoms with Crippen LogP contribution in [0.3, 0.4) is 0 Å². The van der Waals surface area contributed by atoms with E-state index in [1.165, 1.54) is 17.2 Å². The molecule has 0 fully saturated rings. The lowest BCUT2D eigenvalue weighted by molar-refractivity contribution is 0.615. The average Bonchev–Trinajstić information content (AvgIpc) is 3.23. The lowest BCUT2D eigenvalue weighted by Crippen LogP contribution is -2.36. The summed E-state index contributed by atoms with van der Waals surface area (Å²) in [5, 5.41) is 6.54. The van der Waals surface area contributed by atoms with Crippen molar-refractivity contribution >= 4 is 29.9 Å². The van der Waals surface area contributed by atoms with Gasteiger partial charge >= 0.3 is 0 Å². The number of hydrogen-bond acceptors (Lipinski definition) is 2. The van der Waals surface area contributed by atoms with Crippen LogP contribution in [0.1, 0.15) is 23.6 Å². The summed E-state index contributed by atoms with van der Waals surface area (Å²) in [6.45, 7) is 3.32. The maximum absolute atomic E-state index is 14.4. The highest BCUT2D eigenvalue weighted by Crippen LogP contribution is 2.15. The van der Waals surface area contributed by atoms with Gasteiger partial charge in [0.25, 0.3) is 0 Å². The summed E-state index contributed by atoms with van der Waals surface area (Å²) in [5.41, 5.74) is 3.89. The van der Waals surface area contributed by atoms with Crippen molar-refractivity contribution < 1.29 is 4.39 Å². The summed E-state index contributed by atoms with van der Waals surface area (Å²) in [7, 11) is 1.73. The van der Waals surface area contributed by atoms with E-state index in [0.29, 0.717) is 24.7 Å². The van der Waals surface area contributed by atoms with Gasteiger partial charge in [-0.15, -0.1) is 24.0 Å². The molecular formula is C21H25FIN5. The fourth-order valence-electron chi connectivity index (χ4n) is 2.93. The van der Waals surface area contributed by atoms with Gasteiger partial charge in [-0.3, -0.25) is 4.99 Å². The molecule has 2 aromatic carbocycles. The van der Waals surface area contributed by atoms with Crippen molar-refractivity contribution in [3.63, 3.8) is 0 Å². The van der Waals surface area contributed by atoms with E-state index in [0.717, 1.165) is 12.0 Å². The largest absolute Gasteiger partial charge is 0.352 e. The van der Waals surface area contributed by atoms with Crippen LogP contribution in [0.15, 0.2) is 66.2 Å². The van der Waals surface area contributed by atoms with Crippen molar-refractivity contribution in [2.45, 2.75) is 26.4 Å². The minimum absolute atomic E-state index is 0. The number of benzene rings is 2. The predicted molar refractivity (Wildman–Crippen MR) is 122 cm³/mol. The lowest BCUT2D eigenvalue weighted by Gasteiger charge is -2.14. The smallest absolute Gasteiger partial charge is 0.191 e. The molecule has 0 bridgehead atoms. The van der Waals surface area contributed by atoms with Gasteiger partial charge in [0.2, 0.25) is 0 Å². The van der Waals surface area contributed by atoms with Crippen molar-refractivity contribution in [1.82, 2.24) is 20.2 Å². The molecule has 5 nitrogen and oxygen atoms in total. The van der Waals surface area contributed by atoms with E-state index in [1.807, 2.05) is 12.1 Å². The Hall–Kier alpha value is -2.42. The fourth-order valence-corrected chi connectivity index (χ4v) is 2.93. The van der Waals surface area contributed by atoms with Crippen molar-refractivity contribution in [3.8, 4) is 5.69 Å². The first kappa shape index (κ1) is 21.9.